The zero-order valence-corrected chi connectivity index (χ0v) is 17.2. The number of nitrogens with one attached hydrogen (secondary N) is 3. The highest BCUT2D eigenvalue weighted by Crippen LogP contribution is 2.37. The van der Waals surface area contributed by atoms with Gasteiger partial charge in [-0.25, -0.2) is 4.79 Å². The molecule has 1 aliphatic carbocycles. The third-order valence-electron chi connectivity index (χ3n) is 5.91. The van der Waals surface area contributed by atoms with Crippen LogP contribution in [0, 0.1) is 10.7 Å². The predicted molar refractivity (Wildman–Crippen MR) is 105 cm³/mol. The van der Waals surface area contributed by atoms with Crippen LogP contribution in [0.4, 0.5) is 4.79 Å². The summed E-state index contributed by atoms with van der Waals surface area (Å²) >= 11 is 5.14. The zero-order valence-electron chi connectivity index (χ0n) is 16.4. The third-order valence-corrected chi connectivity index (χ3v) is 6.22. The number of amides is 4. The van der Waals surface area contributed by atoms with Crippen LogP contribution in [0.15, 0.2) is 0 Å². The van der Waals surface area contributed by atoms with E-state index in [4.69, 9.17) is 12.2 Å². The highest BCUT2D eigenvalue weighted by Gasteiger charge is 2.52. The molecule has 1 saturated carbocycles. The average Bonchev–Trinajstić information content (AvgIpc) is 3.15. The van der Waals surface area contributed by atoms with Crippen LogP contribution in [0.2, 0.25) is 0 Å². The Bertz CT molecular complexity index is 808. The van der Waals surface area contributed by atoms with Crippen molar-refractivity contribution >= 4 is 30.1 Å². The van der Waals surface area contributed by atoms with E-state index < -0.39 is 11.6 Å². The molecule has 0 radical (unpaired) electrons. The third kappa shape index (κ3) is 3.96. The van der Waals surface area contributed by atoms with E-state index in [1.807, 2.05) is 11.5 Å². The van der Waals surface area contributed by atoms with Crippen LogP contribution >= 0.6 is 12.2 Å². The largest absolute Gasteiger partial charge is 0.354 e. The van der Waals surface area contributed by atoms with Crippen molar-refractivity contribution in [3.63, 3.8) is 0 Å². The SMILES string of the molecule is CCC1CCC2(CC1)NC(=O)N(CC(=O)NCCc1n[nH]c(=S)n1CC)C2=O. The van der Waals surface area contributed by atoms with E-state index in [-0.39, 0.29) is 18.4 Å². The van der Waals surface area contributed by atoms with Crippen LogP contribution in [0.5, 0.6) is 0 Å². The van der Waals surface area contributed by atoms with Crippen molar-refractivity contribution in [1.29, 1.82) is 0 Å². The molecule has 1 aliphatic heterocycles. The molecule has 3 rings (SSSR count). The first-order chi connectivity index (χ1) is 13.4. The summed E-state index contributed by atoms with van der Waals surface area (Å²) in [7, 11) is 0. The lowest BCUT2D eigenvalue weighted by atomic mass is 9.75. The van der Waals surface area contributed by atoms with E-state index in [0.29, 0.717) is 43.0 Å². The average molecular weight is 409 g/mol. The molecule has 0 aromatic carbocycles. The predicted octanol–water partition coefficient (Wildman–Crippen LogP) is 1.51. The Morgan fingerprint density at radius 3 is 2.68 bits per heavy atom. The van der Waals surface area contributed by atoms with Crippen molar-refractivity contribution in [2.45, 2.75) is 64.5 Å². The summed E-state index contributed by atoms with van der Waals surface area (Å²) in [6.07, 6.45) is 4.74. The van der Waals surface area contributed by atoms with Gasteiger partial charge in [0.15, 0.2) is 4.77 Å². The molecule has 154 valence electrons. The number of aromatic nitrogens is 3. The van der Waals surface area contributed by atoms with Crippen LogP contribution < -0.4 is 10.6 Å². The molecule has 0 atom stereocenters. The van der Waals surface area contributed by atoms with Gasteiger partial charge in [-0.2, -0.15) is 5.10 Å². The van der Waals surface area contributed by atoms with E-state index in [1.54, 1.807) is 0 Å². The monoisotopic (exact) mass is 408 g/mol. The van der Waals surface area contributed by atoms with Gasteiger partial charge < -0.3 is 15.2 Å². The summed E-state index contributed by atoms with van der Waals surface area (Å²) in [6, 6.07) is -0.470. The van der Waals surface area contributed by atoms with Crippen molar-refractivity contribution in [2.24, 2.45) is 5.92 Å². The Balaban J connectivity index is 1.52. The maximum atomic E-state index is 12.8. The van der Waals surface area contributed by atoms with Crippen LogP contribution in [-0.4, -0.2) is 56.1 Å². The molecule has 0 bridgehead atoms. The summed E-state index contributed by atoms with van der Waals surface area (Å²) < 4.78 is 2.40. The van der Waals surface area contributed by atoms with Gasteiger partial charge in [0.25, 0.3) is 5.91 Å². The van der Waals surface area contributed by atoms with Gasteiger partial charge in [-0.1, -0.05) is 13.3 Å². The number of H-pyrrole nitrogens is 1. The quantitative estimate of drug-likeness (QED) is 0.468. The first kappa shape index (κ1) is 20.5. The Morgan fingerprint density at radius 2 is 2.04 bits per heavy atom. The summed E-state index contributed by atoms with van der Waals surface area (Å²) in [6.45, 7) is 4.90. The fourth-order valence-electron chi connectivity index (χ4n) is 4.12. The molecule has 9 nitrogen and oxygen atoms in total. The minimum absolute atomic E-state index is 0.260. The van der Waals surface area contributed by atoms with Crippen molar-refractivity contribution < 1.29 is 14.4 Å². The summed E-state index contributed by atoms with van der Waals surface area (Å²) in [4.78, 5) is 38.5. The van der Waals surface area contributed by atoms with Gasteiger partial charge in [0, 0.05) is 19.5 Å². The molecule has 28 heavy (non-hydrogen) atoms. The molecule has 1 aromatic heterocycles. The highest BCUT2D eigenvalue weighted by molar-refractivity contribution is 7.71. The number of hydrogen-bond acceptors (Lipinski definition) is 5. The molecular weight excluding hydrogens is 380 g/mol. The maximum absolute atomic E-state index is 12.8. The first-order valence-corrected chi connectivity index (χ1v) is 10.4. The molecule has 2 heterocycles. The summed E-state index contributed by atoms with van der Waals surface area (Å²) in [5, 5.41) is 12.5. The molecule has 2 fully saturated rings. The second-order valence-corrected chi connectivity index (χ2v) is 7.93. The lowest BCUT2D eigenvalue weighted by Gasteiger charge is -2.34. The van der Waals surface area contributed by atoms with Gasteiger partial charge in [-0.15, -0.1) is 0 Å². The second-order valence-electron chi connectivity index (χ2n) is 7.54. The normalized spacial score (nSPS) is 24.6. The molecule has 0 unspecified atom stereocenters. The van der Waals surface area contributed by atoms with Gasteiger partial charge in [-0.3, -0.25) is 19.6 Å². The van der Waals surface area contributed by atoms with E-state index in [0.717, 1.165) is 30.0 Å². The fraction of sp³-hybridized carbons (Fsp3) is 0.722. The Hall–Kier alpha value is -2.23. The van der Waals surface area contributed by atoms with Crippen LogP contribution in [0.25, 0.3) is 0 Å². The zero-order chi connectivity index (χ0) is 20.3. The first-order valence-electron chi connectivity index (χ1n) is 9.95. The lowest BCUT2D eigenvalue weighted by molar-refractivity contribution is -0.136. The number of hydrogen-bond donors (Lipinski definition) is 3. The van der Waals surface area contributed by atoms with Gasteiger partial charge in [-0.05, 0) is 50.7 Å². The maximum Gasteiger partial charge on any atom is 0.325 e. The summed E-state index contributed by atoms with van der Waals surface area (Å²) in [5.74, 6) is 0.736. The standard InChI is InChI=1S/C18H28N6O3S/c1-3-12-5-8-18(9-6-12)15(26)24(16(27)20-18)11-14(25)19-10-7-13-21-22-17(28)23(13)4-2/h12H,3-11H2,1-2H3,(H,19,25)(H,20,27)(H,22,28). The van der Waals surface area contributed by atoms with Gasteiger partial charge in [0.2, 0.25) is 5.91 Å². The number of nitrogens with zero attached hydrogens (tertiary/aromatic N) is 3. The van der Waals surface area contributed by atoms with E-state index in [2.05, 4.69) is 27.8 Å². The topological polar surface area (TPSA) is 112 Å². The molecule has 4 amide bonds. The fourth-order valence-corrected chi connectivity index (χ4v) is 4.40. The van der Waals surface area contributed by atoms with Gasteiger partial charge in [0.1, 0.15) is 17.9 Å². The molecule has 1 aromatic rings. The molecule has 1 spiro atoms. The number of rotatable bonds is 7. The smallest absolute Gasteiger partial charge is 0.325 e. The van der Waals surface area contributed by atoms with Crippen molar-refractivity contribution in [3.05, 3.63) is 10.6 Å². The molecule has 3 N–H and O–H groups in total. The van der Waals surface area contributed by atoms with E-state index in [9.17, 15) is 14.4 Å². The van der Waals surface area contributed by atoms with Crippen LogP contribution in [0.3, 0.4) is 0 Å². The number of imide groups is 1. The van der Waals surface area contributed by atoms with Crippen LogP contribution in [0.1, 0.15) is 51.8 Å². The minimum atomic E-state index is -0.815. The molecule has 1 saturated heterocycles. The summed E-state index contributed by atoms with van der Waals surface area (Å²) in [5.41, 5.74) is -0.815. The van der Waals surface area contributed by atoms with Crippen molar-refractivity contribution in [3.8, 4) is 0 Å². The highest BCUT2D eigenvalue weighted by atomic mass is 32.1. The Morgan fingerprint density at radius 1 is 1.32 bits per heavy atom. The van der Waals surface area contributed by atoms with E-state index in [1.165, 1.54) is 0 Å². The number of aromatic amines is 1. The Labute approximate surface area is 169 Å². The van der Waals surface area contributed by atoms with Gasteiger partial charge in [0.05, 0.1) is 0 Å². The van der Waals surface area contributed by atoms with Gasteiger partial charge >= 0.3 is 6.03 Å². The molecule has 10 heteroatoms. The lowest BCUT2D eigenvalue weighted by Crippen LogP contribution is -2.50. The molecule has 2 aliphatic rings. The number of urea groups is 1. The Kier molecular flexibility index (Phi) is 6.17. The van der Waals surface area contributed by atoms with E-state index >= 15 is 0 Å². The number of carbonyl (C=O) groups excluding carboxylic acids is 3. The van der Waals surface area contributed by atoms with Crippen LogP contribution in [-0.2, 0) is 22.6 Å². The van der Waals surface area contributed by atoms with Crippen molar-refractivity contribution in [1.82, 2.24) is 30.3 Å². The second kappa shape index (κ2) is 8.42. The molecular formula is C18H28N6O3S. The van der Waals surface area contributed by atoms with Crippen molar-refractivity contribution in [2.75, 3.05) is 13.1 Å². The minimum Gasteiger partial charge on any atom is -0.354 e. The number of carbonyl (C=O) groups is 3.